The van der Waals surface area contributed by atoms with Gasteiger partial charge in [0.05, 0.1) is 18.6 Å². The van der Waals surface area contributed by atoms with Crippen LogP contribution in [-0.4, -0.2) is 46.7 Å². The Labute approximate surface area is 144 Å². The third kappa shape index (κ3) is 4.66. The van der Waals surface area contributed by atoms with Gasteiger partial charge in [0.1, 0.15) is 0 Å². The summed E-state index contributed by atoms with van der Waals surface area (Å²) < 4.78 is 0. The summed E-state index contributed by atoms with van der Waals surface area (Å²) in [6, 6.07) is 1.78. The number of aliphatic hydroxyl groups is 1. The van der Waals surface area contributed by atoms with E-state index in [0.29, 0.717) is 12.5 Å². The first-order valence-corrected chi connectivity index (χ1v) is 8.93. The third-order valence-electron chi connectivity index (χ3n) is 4.90. The Morgan fingerprint density at radius 2 is 2.08 bits per heavy atom. The van der Waals surface area contributed by atoms with Gasteiger partial charge in [-0.25, -0.2) is 9.97 Å². The number of aryl methyl sites for hydroxylation is 2. The predicted octanol–water partition coefficient (Wildman–Crippen LogP) is 1.83. The molecule has 0 spiro atoms. The summed E-state index contributed by atoms with van der Waals surface area (Å²) in [5, 5.41) is 12.5. The summed E-state index contributed by atoms with van der Waals surface area (Å²) in [6.07, 6.45) is 2.74. The van der Waals surface area contributed by atoms with E-state index >= 15 is 0 Å². The normalized spacial score (nSPS) is 20.5. The van der Waals surface area contributed by atoms with Crippen molar-refractivity contribution in [3.63, 3.8) is 0 Å². The minimum atomic E-state index is -0.171. The van der Waals surface area contributed by atoms with Gasteiger partial charge in [0, 0.05) is 24.5 Å². The maximum Gasteiger partial charge on any atom is 0.225 e. The maximum atomic E-state index is 12.6. The molecule has 0 aromatic carbocycles. The second kappa shape index (κ2) is 8.42. The van der Waals surface area contributed by atoms with Crippen molar-refractivity contribution >= 4 is 11.9 Å². The first-order valence-electron chi connectivity index (χ1n) is 8.93. The van der Waals surface area contributed by atoms with Gasteiger partial charge in [0.25, 0.3) is 0 Å². The zero-order valence-corrected chi connectivity index (χ0v) is 15.2. The molecule has 0 unspecified atom stereocenters. The number of rotatable bonds is 6. The Morgan fingerprint density at radius 3 is 2.67 bits per heavy atom. The number of nitrogens with one attached hydrogen (secondary N) is 1. The predicted molar refractivity (Wildman–Crippen MR) is 94.9 cm³/mol. The fraction of sp³-hybridized carbons (Fsp3) is 0.722. The van der Waals surface area contributed by atoms with Gasteiger partial charge in [-0.2, -0.15) is 0 Å². The summed E-state index contributed by atoms with van der Waals surface area (Å²) >= 11 is 0. The molecular weight excluding hydrogens is 304 g/mol. The second-order valence-corrected chi connectivity index (χ2v) is 6.92. The monoisotopic (exact) mass is 334 g/mol. The minimum absolute atomic E-state index is 0.0165. The largest absolute Gasteiger partial charge is 0.394 e. The Hall–Kier alpha value is -1.69. The number of carbonyl (C=O) groups excluding carboxylic acids is 1. The molecule has 0 aliphatic carbocycles. The number of carbonyl (C=O) groups is 1. The molecule has 134 valence electrons. The highest BCUT2D eigenvalue weighted by Crippen LogP contribution is 2.21. The topological polar surface area (TPSA) is 78.4 Å². The summed E-state index contributed by atoms with van der Waals surface area (Å²) in [6.45, 7) is 9.54. The third-order valence-corrected chi connectivity index (χ3v) is 4.90. The molecule has 2 rings (SSSR count). The molecule has 1 amide bonds. The molecule has 1 fully saturated rings. The Kier molecular flexibility index (Phi) is 6.54. The van der Waals surface area contributed by atoms with Crippen molar-refractivity contribution in [2.24, 2.45) is 11.8 Å². The summed E-state index contributed by atoms with van der Waals surface area (Å²) in [4.78, 5) is 23.7. The average molecular weight is 334 g/mol. The number of aromatic nitrogens is 2. The molecule has 1 aliphatic rings. The Balaban J connectivity index is 2.03. The molecule has 1 aliphatic heterocycles. The fourth-order valence-electron chi connectivity index (χ4n) is 3.17. The average Bonchev–Trinajstić information content (AvgIpc) is 2.58. The van der Waals surface area contributed by atoms with Crippen LogP contribution in [0.1, 0.15) is 44.5 Å². The van der Waals surface area contributed by atoms with Crippen LogP contribution in [0.25, 0.3) is 0 Å². The molecule has 1 aromatic rings. The second-order valence-electron chi connectivity index (χ2n) is 6.92. The van der Waals surface area contributed by atoms with Gasteiger partial charge in [-0.05, 0) is 38.7 Å². The fourth-order valence-corrected chi connectivity index (χ4v) is 3.17. The van der Waals surface area contributed by atoms with E-state index in [1.807, 2.05) is 19.9 Å². The number of hydrogen-bond acceptors (Lipinski definition) is 5. The van der Waals surface area contributed by atoms with Crippen molar-refractivity contribution in [1.82, 2.24) is 15.3 Å². The number of aliphatic hydroxyl groups excluding tert-OH is 1. The van der Waals surface area contributed by atoms with Crippen molar-refractivity contribution in [3.8, 4) is 0 Å². The molecule has 0 saturated carbocycles. The first-order chi connectivity index (χ1) is 11.4. The quantitative estimate of drug-likeness (QED) is 0.830. The molecular formula is C18H30N4O2. The number of nitrogens with zero attached hydrogens (tertiary/aromatic N) is 3. The minimum Gasteiger partial charge on any atom is -0.394 e. The van der Waals surface area contributed by atoms with Crippen molar-refractivity contribution in [2.45, 2.75) is 53.0 Å². The van der Waals surface area contributed by atoms with Crippen LogP contribution in [0, 0.1) is 25.7 Å². The summed E-state index contributed by atoms with van der Waals surface area (Å²) in [7, 11) is 0. The van der Waals surface area contributed by atoms with E-state index < -0.39 is 0 Å². The van der Waals surface area contributed by atoms with Crippen LogP contribution >= 0.6 is 0 Å². The lowest BCUT2D eigenvalue weighted by Crippen LogP contribution is -2.49. The number of piperidine rings is 1. The van der Waals surface area contributed by atoms with Gasteiger partial charge in [-0.1, -0.05) is 20.3 Å². The number of anilines is 1. The highest BCUT2D eigenvalue weighted by atomic mass is 16.3. The molecule has 6 heteroatoms. The molecule has 0 radical (unpaired) electrons. The lowest BCUT2D eigenvalue weighted by atomic mass is 9.95. The van der Waals surface area contributed by atoms with E-state index in [4.69, 9.17) is 0 Å². The number of amides is 1. The standard InChI is InChI=1S/C18H30N4O2/c1-5-12(2)16(11-23)21-17(24)15-7-6-8-22(10-15)18-19-13(3)9-14(4)20-18/h9,12,15-16,23H,5-8,10-11H2,1-4H3,(H,21,24)/t12-,15+,16-/m1/s1. The van der Waals surface area contributed by atoms with Crippen LogP contribution in [0.3, 0.4) is 0 Å². The highest BCUT2D eigenvalue weighted by molar-refractivity contribution is 5.79. The van der Waals surface area contributed by atoms with Crippen LogP contribution in [0.4, 0.5) is 5.95 Å². The van der Waals surface area contributed by atoms with E-state index in [-0.39, 0.29) is 30.4 Å². The van der Waals surface area contributed by atoms with E-state index in [1.165, 1.54) is 0 Å². The molecule has 24 heavy (non-hydrogen) atoms. The lowest BCUT2D eigenvalue weighted by Gasteiger charge is -2.33. The first kappa shape index (κ1) is 18.6. The molecule has 3 atom stereocenters. The summed E-state index contributed by atoms with van der Waals surface area (Å²) in [5.74, 6) is 0.928. The van der Waals surface area contributed by atoms with Crippen LogP contribution in [0.15, 0.2) is 6.07 Å². The molecule has 2 heterocycles. The van der Waals surface area contributed by atoms with Crippen molar-refractivity contribution in [1.29, 1.82) is 0 Å². The maximum absolute atomic E-state index is 12.6. The van der Waals surface area contributed by atoms with E-state index in [0.717, 1.165) is 37.2 Å². The highest BCUT2D eigenvalue weighted by Gasteiger charge is 2.29. The van der Waals surface area contributed by atoms with E-state index in [2.05, 4.69) is 34.0 Å². The number of hydrogen-bond donors (Lipinski definition) is 2. The molecule has 1 saturated heterocycles. The Morgan fingerprint density at radius 1 is 1.42 bits per heavy atom. The van der Waals surface area contributed by atoms with Crippen LogP contribution in [0.2, 0.25) is 0 Å². The molecule has 0 bridgehead atoms. The van der Waals surface area contributed by atoms with Gasteiger partial charge in [0.15, 0.2) is 0 Å². The molecule has 1 aromatic heterocycles. The summed E-state index contributed by atoms with van der Waals surface area (Å²) in [5.41, 5.74) is 1.89. The van der Waals surface area contributed by atoms with Gasteiger partial charge < -0.3 is 15.3 Å². The Bertz CT molecular complexity index is 544. The molecule has 2 N–H and O–H groups in total. The smallest absolute Gasteiger partial charge is 0.225 e. The zero-order chi connectivity index (χ0) is 17.7. The van der Waals surface area contributed by atoms with Gasteiger partial charge in [0.2, 0.25) is 11.9 Å². The SMILES string of the molecule is CC[C@@H](C)[C@@H](CO)NC(=O)[C@H]1CCCN(c2nc(C)cc(C)n2)C1. The van der Waals surface area contributed by atoms with Crippen LogP contribution in [0.5, 0.6) is 0 Å². The van der Waals surface area contributed by atoms with Gasteiger partial charge >= 0.3 is 0 Å². The van der Waals surface area contributed by atoms with Crippen LogP contribution in [-0.2, 0) is 4.79 Å². The van der Waals surface area contributed by atoms with Crippen molar-refractivity contribution in [2.75, 3.05) is 24.6 Å². The van der Waals surface area contributed by atoms with Gasteiger partial charge in [-0.15, -0.1) is 0 Å². The zero-order valence-electron chi connectivity index (χ0n) is 15.2. The lowest BCUT2D eigenvalue weighted by molar-refractivity contribution is -0.126. The van der Waals surface area contributed by atoms with Crippen molar-refractivity contribution in [3.05, 3.63) is 17.5 Å². The molecule has 6 nitrogen and oxygen atoms in total. The van der Waals surface area contributed by atoms with E-state index in [1.54, 1.807) is 0 Å². The van der Waals surface area contributed by atoms with Gasteiger partial charge in [-0.3, -0.25) is 4.79 Å². The van der Waals surface area contributed by atoms with Crippen molar-refractivity contribution < 1.29 is 9.90 Å². The van der Waals surface area contributed by atoms with E-state index in [9.17, 15) is 9.90 Å². The van der Waals surface area contributed by atoms with Crippen LogP contribution < -0.4 is 10.2 Å².